The fourth-order valence-electron chi connectivity index (χ4n) is 1.06. The molecule has 0 heterocycles. The summed E-state index contributed by atoms with van der Waals surface area (Å²) in [5.41, 5.74) is 0.288. The Labute approximate surface area is 77.0 Å². The lowest BCUT2D eigenvalue weighted by Gasteiger charge is -2.10. The Kier molecular flexibility index (Phi) is 3.86. The summed E-state index contributed by atoms with van der Waals surface area (Å²) in [6.07, 6.45) is -0.874. The van der Waals surface area contributed by atoms with E-state index in [9.17, 15) is 9.50 Å². The smallest absolute Gasteiger partial charge is 0.129 e. The van der Waals surface area contributed by atoms with Gasteiger partial charge in [-0.15, -0.1) is 0 Å². The second-order valence-corrected chi connectivity index (χ2v) is 2.70. The van der Waals surface area contributed by atoms with Crippen molar-refractivity contribution in [2.75, 3.05) is 13.2 Å². The van der Waals surface area contributed by atoms with Crippen molar-refractivity contribution in [2.24, 2.45) is 0 Å². The van der Waals surface area contributed by atoms with E-state index in [4.69, 9.17) is 4.74 Å². The van der Waals surface area contributed by atoms with Gasteiger partial charge in [0.2, 0.25) is 0 Å². The third-order valence-corrected chi connectivity index (χ3v) is 1.74. The van der Waals surface area contributed by atoms with Crippen molar-refractivity contribution in [3.8, 4) is 0 Å². The van der Waals surface area contributed by atoms with Crippen LogP contribution in [0.5, 0.6) is 0 Å². The van der Waals surface area contributed by atoms with Gasteiger partial charge in [0.05, 0.1) is 6.61 Å². The molecule has 1 rings (SSSR count). The molecule has 1 atom stereocenters. The van der Waals surface area contributed by atoms with Gasteiger partial charge in [-0.2, -0.15) is 0 Å². The summed E-state index contributed by atoms with van der Waals surface area (Å²) >= 11 is 0. The molecule has 13 heavy (non-hydrogen) atoms. The zero-order valence-corrected chi connectivity index (χ0v) is 7.53. The topological polar surface area (TPSA) is 29.5 Å². The monoisotopic (exact) mass is 184 g/mol. The fraction of sp³-hybridized carbons (Fsp3) is 0.400. The molecule has 0 amide bonds. The highest BCUT2D eigenvalue weighted by atomic mass is 19.1. The first kappa shape index (κ1) is 10.2. The van der Waals surface area contributed by atoms with Crippen LogP contribution in [0, 0.1) is 5.82 Å². The minimum absolute atomic E-state index is 0.136. The second kappa shape index (κ2) is 4.94. The first-order chi connectivity index (χ1) is 6.25. The highest BCUT2D eigenvalue weighted by molar-refractivity contribution is 5.19. The van der Waals surface area contributed by atoms with Crippen molar-refractivity contribution in [3.05, 3.63) is 35.6 Å². The molecule has 1 N–H and O–H groups in total. The first-order valence-electron chi connectivity index (χ1n) is 4.26. The van der Waals surface area contributed by atoms with Gasteiger partial charge in [0, 0.05) is 12.2 Å². The Morgan fingerprint density at radius 3 is 2.77 bits per heavy atom. The summed E-state index contributed by atoms with van der Waals surface area (Å²) in [7, 11) is 0. The Bertz CT molecular complexity index is 263. The maximum absolute atomic E-state index is 13.1. The molecule has 1 unspecified atom stereocenters. The van der Waals surface area contributed by atoms with E-state index < -0.39 is 11.9 Å². The lowest BCUT2D eigenvalue weighted by atomic mass is 10.1. The molecule has 0 spiro atoms. The van der Waals surface area contributed by atoms with Gasteiger partial charge in [-0.1, -0.05) is 18.2 Å². The lowest BCUT2D eigenvalue weighted by Crippen LogP contribution is -2.08. The Hall–Kier alpha value is -0.930. The Balaban J connectivity index is 2.65. The predicted molar refractivity (Wildman–Crippen MR) is 47.9 cm³/mol. The van der Waals surface area contributed by atoms with Crippen molar-refractivity contribution >= 4 is 0 Å². The SMILES string of the molecule is CCOCC(O)c1ccccc1F. The third-order valence-electron chi connectivity index (χ3n) is 1.74. The molecule has 0 aliphatic rings. The second-order valence-electron chi connectivity index (χ2n) is 2.70. The molecule has 1 aromatic carbocycles. The van der Waals surface area contributed by atoms with Crippen molar-refractivity contribution in [1.29, 1.82) is 0 Å². The van der Waals surface area contributed by atoms with Gasteiger partial charge >= 0.3 is 0 Å². The van der Waals surface area contributed by atoms with Crippen molar-refractivity contribution in [3.63, 3.8) is 0 Å². The van der Waals surface area contributed by atoms with E-state index >= 15 is 0 Å². The number of aliphatic hydroxyl groups is 1. The van der Waals surface area contributed by atoms with Crippen LogP contribution in [-0.4, -0.2) is 18.3 Å². The standard InChI is InChI=1S/C10H13FO2/c1-2-13-7-10(12)8-5-3-4-6-9(8)11/h3-6,10,12H,2,7H2,1H3. The fourth-order valence-corrected chi connectivity index (χ4v) is 1.06. The van der Waals surface area contributed by atoms with Crippen LogP contribution in [0.3, 0.4) is 0 Å². The molecule has 0 radical (unpaired) electrons. The molecule has 0 aliphatic carbocycles. The molecular weight excluding hydrogens is 171 g/mol. The number of hydrogen-bond acceptors (Lipinski definition) is 2. The van der Waals surface area contributed by atoms with Crippen LogP contribution in [0.4, 0.5) is 4.39 Å². The first-order valence-corrected chi connectivity index (χ1v) is 4.26. The van der Waals surface area contributed by atoms with Gasteiger partial charge < -0.3 is 9.84 Å². The molecular formula is C10H13FO2. The number of rotatable bonds is 4. The number of halogens is 1. The molecule has 0 saturated heterocycles. The number of ether oxygens (including phenoxy) is 1. The van der Waals surface area contributed by atoms with Gasteiger partial charge in [-0.05, 0) is 13.0 Å². The highest BCUT2D eigenvalue weighted by Crippen LogP contribution is 2.16. The van der Waals surface area contributed by atoms with E-state index in [1.807, 2.05) is 6.92 Å². The van der Waals surface area contributed by atoms with E-state index in [0.717, 1.165) is 0 Å². The van der Waals surface area contributed by atoms with E-state index in [2.05, 4.69) is 0 Å². The third kappa shape index (κ3) is 2.79. The Morgan fingerprint density at radius 1 is 1.46 bits per heavy atom. The molecule has 0 aliphatic heterocycles. The van der Waals surface area contributed by atoms with E-state index in [1.165, 1.54) is 6.07 Å². The van der Waals surface area contributed by atoms with Crippen LogP contribution >= 0.6 is 0 Å². The lowest BCUT2D eigenvalue weighted by molar-refractivity contribution is 0.0401. The van der Waals surface area contributed by atoms with Crippen LogP contribution in [0.15, 0.2) is 24.3 Å². The van der Waals surface area contributed by atoms with Crippen LogP contribution in [-0.2, 0) is 4.74 Å². The summed E-state index contributed by atoms with van der Waals surface area (Å²) in [4.78, 5) is 0. The molecule has 72 valence electrons. The van der Waals surface area contributed by atoms with Gasteiger partial charge in [0.1, 0.15) is 11.9 Å². The van der Waals surface area contributed by atoms with Gasteiger partial charge in [-0.25, -0.2) is 4.39 Å². The van der Waals surface area contributed by atoms with Crippen molar-refractivity contribution in [1.82, 2.24) is 0 Å². The normalized spacial score (nSPS) is 12.8. The zero-order valence-electron chi connectivity index (χ0n) is 7.53. The molecule has 0 bridgehead atoms. The minimum Gasteiger partial charge on any atom is -0.386 e. The van der Waals surface area contributed by atoms with Crippen molar-refractivity contribution in [2.45, 2.75) is 13.0 Å². The summed E-state index contributed by atoms with van der Waals surface area (Å²) < 4.78 is 18.0. The maximum Gasteiger partial charge on any atom is 0.129 e. The molecule has 0 aromatic heterocycles. The highest BCUT2D eigenvalue weighted by Gasteiger charge is 2.11. The summed E-state index contributed by atoms with van der Waals surface area (Å²) in [5, 5.41) is 9.47. The molecule has 2 nitrogen and oxygen atoms in total. The van der Waals surface area contributed by atoms with Crippen LogP contribution < -0.4 is 0 Å². The molecule has 0 fully saturated rings. The average Bonchev–Trinajstić information content (AvgIpc) is 2.15. The number of aliphatic hydroxyl groups excluding tert-OH is 1. The maximum atomic E-state index is 13.1. The van der Waals surface area contributed by atoms with Crippen LogP contribution in [0.25, 0.3) is 0 Å². The number of benzene rings is 1. The molecule has 1 aromatic rings. The van der Waals surface area contributed by atoms with E-state index in [-0.39, 0.29) is 12.2 Å². The zero-order chi connectivity index (χ0) is 9.68. The summed E-state index contributed by atoms with van der Waals surface area (Å²) in [6, 6.07) is 6.16. The largest absolute Gasteiger partial charge is 0.386 e. The average molecular weight is 184 g/mol. The summed E-state index contributed by atoms with van der Waals surface area (Å²) in [5.74, 6) is -0.394. The van der Waals surface area contributed by atoms with Gasteiger partial charge in [0.15, 0.2) is 0 Å². The number of hydrogen-bond donors (Lipinski definition) is 1. The van der Waals surface area contributed by atoms with Crippen molar-refractivity contribution < 1.29 is 14.2 Å². The van der Waals surface area contributed by atoms with Gasteiger partial charge in [0.25, 0.3) is 0 Å². The molecule has 3 heteroatoms. The van der Waals surface area contributed by atoms with Gasteiger partial charge in [-0.3, -0.25) is 0 Å². The quantitative estimate of drug-likeness (QED) is 0.774. The van der Waals surface area contributed by atoms with E-state index in [0.29, 0.717) is 6.61 Å². The van der Waals surface area contributed by atoms with E-state index in [1.54, 1.807) is 18.2 Å². The summed E-state index contributed by atoms with van der Waals surface area (Å²) in [6.45, 7) is 2.48. The molecule has 0 saturated carbocycles. The van der Waals surface area contributed by atoms with Crippen LogP contribution in [0.1, 0.15) is 18.6 Å². The minimum atomic E-state index is -0.874. The van der Waals surface area contributed by atoms with Crippen LogP contribution in [0.2, 0.25) is 0 Å². The Morgan fingerprint density at radius 2 is 2.15 bits per heavy atom. The predicted octanol–water partition coefficient (Wildman–Crippen LogP) is 1.90.